The highest BCUT2D eigenvalue weighted by Gasteiger charge is 2.27. The van der Waals surface area contributed by atoms with E-state index >= 15 is 0 Å². The van der Waals surface area contributed by atoms with Gasteiger partial charge in [0.05, 0.1) is 22.0 Å². The van der Waals surface area contributed by atoms with Gasteiger partial charge in [0, 0.05) is 0 Å². The largest absolute Gasteiger partial charge is 0.413 e. The molecule has 1 heterocycles. The van der Waals surface area contributed by atoms with E-state index in [2.05, 4.69) is 60.7 Å². The fourth-order valence-electron chi connectivity index (χ4n) is 1.16. The van der Waals surface area contributed by atoms with Crippen LogP contribution in [0.1, 0.15) is 40.3 Å². The van der Waals surface area contributed by atoms with Gasteiger partial charge in [0.2, 0.25) is 0 Å². The lowest BCUT2D eigenvalue weighted by molar-refractivity contribution is 0.103. The van der Waals surface area contributed by atoms with E-state index in [9.17, 15) is 0 Å². The number of halogens is 1. The number of rotatable bonds is 3. The van der Waals surface area contributed by atoms with E-state index in [1.807, 2.05) is 0 Å². The van der Waals surface area contributed by atoms with E-state index in [4.69, 9.17) is 4.43 Å². The van der Waals surface area contributed by atoms with E-state index in [1.54, 1.807) is 6.20 Å². The zero-order valence-corrected chi connectivity index (χ0v) is 13.0. The summed E-state index contributed by atoms with van der Waals surface area (Å²) in [7, 11) is -0.561. The number of hydrogen-bond acceptors (Lipinski definition) is 2. The molecule has 0 aliphatic rings. The quantitative estimate of drug-likeness (QED) is 0.870. The highest BCUT2D eigenvalue weighted by molar-refractivity contribution is 9.10. The third-order valence-electron chi connectivity index (χ3n) is 2.06. The molecule has 0 radical (unpaired) electrons. The SMILES string of the molecule is CC(C)(C)[SiH2]OC(C)(C)c1[nH]ncc1Br. The van der Waals surface area contributed by atoms with Gasteiger partial charge in [-0.25, -0.2) is 0 Å². The van der Waals surface area contributed by atoms with Crippen molar-refractivity contribution in [3.05, 3.63) is 16.4 Å². The Morgan fingerprint density at radius 2 is 1.93 bits per heavy atom. The van der Waals surface area contributed by atoms with Gasteiger partial charge in [-0.2, -0.15) is 5.10 Å². The van der Waals surface area contributed by atoms with Crippen molar-refractivity contribution in [2.45, 2.75) is 45.3 Å². The van der Waals surface area contributed by atoms with Gasteiger partial charge in [-0.1, -0.05) is 20.8 Å². The van der Waals surface area contributed by atoms with Crippen LogP contribution in [-0.2, 0) is 10.0 Å². The molecule has 1 aromatic rings. The molecule has 86 valence electrons. The first-order valence-corrected chi connectivity index (χ1v) is 7.13. The Morgan fingerprint density at radius 1 is 1.33 bits per heavy atom. The predicted octanol–water partition coefficient (Wildman–Crippen LogP) is 2.73. The third-order valence-corrected chi connectivity index (χ3v) is 4.39. The first kappa shape index (κ1) is 12.9. The Hall–Kier alpha value is -0.133. The van der Waals surface area contributed by atoms with Crippen LogP contribution in [0.3, 0.4) is 0 Å². The summed E-state index contributed by atoms with van der Waals surface area (Å²) in [5.74, 6) is 0. The van der Waals surface area contributed by atoms with E-state index in [0.29, 0.717) is 5.04 Å². The molecule has 1 rings (SSSR count). The molecule has 0 aromatic carbocycles. The molecule has 0 amide bonds. The molecule has 0 atom stereocenters. The molecule has 0 aliphatic carbocycles. The molecule has 0 unspecified atom stereocenters. The monoisotopic (exact) mass is 290 g/mol. The summed E-state index contributed by atoms with van der Waals surface area (Å²) in [5, 5.41) is 7.29. The fraction of sp³-hybridized carbons (Fsp3) is 0.700. The van der Waals surface area contributed by atoms with Crippen LogP contribution in [-0.4, -0.2) is 20.0 Å². The summed E-state index contributed by atoms with van der Waals surface area (Å²) in [5.41, 5.74) is 0.730. The maximum Gasteiger partial charge on any atom is 0.168 e. The summed E-state index contributed by atoms with van der Waals surface area (Å²) in [6.45, 7) is 10.8. The lowest BCUT2D eigenvalue weighted by Gasteiger charge is -2.29. The van der Waals surface area contributed by atoms with E-state index < -0.39 is 9.76 Å². The van der Waals surface area contributed by atoms with Crippen molar-refractivity contribution in [2.75, 3.05) is 0 Å². The van der Waals surface area contributed by atoms with Gasteiger partial charge in [0.25, 0.3) is 0 Å². The van der Waals surface area contributed by atoms with Crippen LogP contribution in [0, 0.1) is 0 Å². The maximum atomic E-state index is 6.06. The average Bonchev–Trinajstić information content (AvgIpc) is 2.47. The zero-order chi connectivity index (χ0) is 11.7. The molecular formula is C10H19BrN2OSi. The standard InChI is InChI=1S/C10H19BrN2OSi/c1-9(2,3)15-14-10(4,5)8-7(11)6-12-13-8/h6H,15H2,1-5H3,(H,12,13). The summed E-state index contributed by atoms with van der Waals surface area (Å²) < 4.78 is 7.04. The number of hydrogen-bond donors (Lipinski definition) is 1. The van der Waals surface area contributed by atoms with Gasteiger partial charge < -0.3 is 4.43 Å². The van der Waals surface area contributed by atoms with Crippen LogP contribution in [0.5, 0.6) is 0 Å². The molecule has 1 N–H and O–H groups in total. The lowest BCUT2D eigenvalue weighted by atomic mass is 10.1. The van der Waals surface area contributed by atoms with E-state index in [-0.39, 0.29) is 5.60 Å². The second kappa shape index (κ2) is 4.39. The summed E-state index contributed by atoms with van der Waals surface area (Å²) in [6, 6.07) is 0. The molecule has 15 heavy (non-hydrogen) atoms. The summed E-state index contributed by atoms with van der Waals surface area (Å²) in [4.78, 5) is 0. The second-order valence-electron chi connectivity index (χ2n) is 5.45. The van der Waals surface area contributed by atoms with Crippen LogP contribution < -0.4 is 0 Å². The molecular weight excluding hydrogens is 272 g/mol. The van der Waals surface area contributed by atoms with Gasteiger partial charge in [-0.15, -0.1) is 0 Å². The van der Waals surface area contributed by atoms with Gasteiger partial charge in [0.1, 0.15) is 0 Å². The Balaban J connectivity index is 2.72. The number of nitrogens with one attached hydrogen (secondary N) is 1. The lowest BCUT2D eigenvalue weighted by Crippen LogP contribution is -2.28. The van der Waals surface area contributed by atoms with Crippen molar-refractivity contribution >= 4 is 25.7 Å². The minimum atomic E-state index is -0.561. The Kier molecular flexibility index (Phi) is 3.79. The minimum Gasteiger partial charge on any atom is -0.413 e. The minimum absolute atomic E-state index is 0.283. The topological polar surface area (TPSA) is 37.9 Å². The van der Waals surface area contributed by atoms with Crippen molar-refractivity contribution in [3.8, 4) is 0 Å². The highest BCUT2D eigenvalue weighted by atomic mass is 79.9. The number of H-pyrrole nitrogens is 1. The van der Waals surface area contributed by atoms with Gasteiger partial charge in [-0.05, 0) is 34.8 Å². The molecule has 0 bridgehead atoms. The fourth-order valence-corrected chi connectivity index (χ4v) is 2.77. The van der Waals surface area contributed by atoms with E-state index in [0.717, 1.165) is 10.2 Å². The Bertz CT molecular complexity index is 330. The van der Waals surface area contributed by atoms with Crippen LogP contribution >= 0.6 is 15.9 Å². The number of aromatic amines is 1. The molecule has 0 saturated heterocycles. The van der Waals surface area contributed by atoms with Crippen molar-refractivity contribution < 1.29 is 4.43 Å². The molecule has 0 spiro atoms. The molecule has 0 fully saturated rings. The highest BCUT2D eigenvalue weighted by Crippen LogP contribution is 2.31. The second-order valence-corrected chi connectivity index (χ2v) is 9.01. The van der Waals surface area contributed by atoms with Crippen molar-refractivity contribution in [1.82, 2.24) is 10.2 Å². The number of aromatic nitrogens is 2. The molecule has 0 saturated carbocycles. The smallest absolute Gasteiger partial charge is 0.168 e. The van der Waals surface area contributed by atoms with Crippen molar-refractivity contribution in [2.24, 2.45) is 0 Å². The van der Waals surface area contributed by atoms with Crippen LogP contribution in [0.15, 0.2) is 10.7 Å². The number of nitrogens with zero attached hydrogens (tertiary/aromatic N) is 1. The molecule has 3 nitrogen and oxygen atoms in total. The van der Waals surface area contributed by atoms with Crippen molar-refractivity contribution in [3.63, 3.8) is 0 Å². The van der Waals surface area contributed by atoms with Gasteiger partial charge in [-0.3, -0.25) is 5.10 Å². The van der Waals surface area contributed by atoms with Gasteiger partial charge in [0.15, 0.2) is 9.76 Å². The normalized spacial score (nSPS) is 14.0. The first-order chi connectivity index (χ1) is 6.72. The maximum absolute atomic E-state index is 6.06. The van der Waals surface area contributed by atoms with E-state index in [1.165, 1.54) is 0 Å². The molecule has 5 heteroatoms. The Labute approximate surface area is 102 Å². The third kappa shape index (κ3) is 3.73. The van der Waals surface area contributed by atoms with Crippen molar-refractivity contribution in [1.29, 1.82) is 0 Å². The zero-order valence-electron chi connectivity index (χ0n) is 10.0. The molecule has 1 aromatic heterocycles. The van der Waals surface area contributed by atoms with Crippen LogP contribution in [0.4, 0.5) is 0 Å². The predicted molar refractivity (Wildman–Crippen MR) is 68.7 cm³/mol. The Morgan fingerprint density at radius 3 is 2.33 bits per heavy atom. The average molecular weight is 291 g/mol. The summed E-state index contributed by atoms with van der Waals surface area (Å²) >= 11 is 3.46. The van der Waals surface area contributed by atoms with Gasteiger partial charge >= 0.3 is 0 Å². The van der Waals surface area contributed by atoms with Crippen LogP contribution in [0.25, 0.3) is 0 Å². The first-order valence-electron chi connectivity index (χ1n) is 5.06. The molecule has 0 aliphatic heterocycles. The summed E-state index contributed by atoms with van der Waals surface area (Å²) in [6.07, 6.45) is 1.76. The van der Waals surface area contributed by atoms with Crippen LogP contribution in [0.2, 0.25) is 5.04 Å².